The predicted molar refractivity (Wildman–Crippen MR) is 70.1 cm³/mol. The maximum absolute atomic E-state index is 14.0. The van der Waals surface area contributed by atoms with E-state index in [4.69, 9.17) is 0 Å². The first-order valence-electron chi connectivity index (χ1n) is 6.32. The van der Waals surface area contributed by atoms with Crippen molar-refractivity contribution in [2.45, 2.75) is 33.6 Å². The zero-order valence-corrected chi connectivity index (χ0v) is 11.3. The number of halogens is 1. The van der Waals surface area contributed by atoms with Crippen LogP contribution >= 0.6 is 0 Å². The Morgan fingerprint density at radius 2 is 2.11 bits per heavy atom. The fraction of sp³-hybridized carbons (Fsp3) is 0.357. The molecule has 100 valence electrons. The zero-order valence-electron chi connectivity index (χ0n) is 11.3. The van der Waals surface area contributed by atoms with Crippen LogP contribution in [-0.2, 0) is 6.42 Å². The highest BCUT2D eigenvalue weighted by molar-refractivity contribution is 5.95. The van der Waals surface area contributed by atoms with Gasteiger partial charge in [0, 0.05) is 6.42 Å². The van der Waals surface area contributed by atoms with Gasteiger partial charge in [0.05, 0.1) is 5.69 Å². The molecule has 2 rings (SSSR count). The number of carbonyl (C=O) groups excluding carboxylic acids is 1. The minimum absolute atomic E-state index is 0.0735. The molecule has 0 saturated carbocycles. The molecule has 1 aromatic heterocycles. The fourth-order valence-electron chi connectivity index (χ4n) is 1.98. The number of aryl methyl sites for hydroxylation is 1. The van der Waals surface area contributed by atoms with E-state index in [9.17, 15) is 9.18 Å². The molecule has 19 heavy (non-hydrogen) atoms. The summed E-state index contributed by atoms with van der Waals surface area (Å²) in [5, 5.41) is 7.82. The van der Waals surface area contributed by atoms with Crippen molar-refractivity contribution < 1.29 is 9.18 Å². The van der Waals surface area contributed by atoms with Crippen molar-refractivity contribution >= 4 is 5.78 Å². The molecule has 4 nitrogen and oxygen atoms in total. The molecule has 0 aliphatic carbocycles. The molecule has 0 atom stereocenters. The number of nitrogens with zero attached hydrogens (tertiary/aromatic N) is 3. The van der Waals surface area contributed by atoms with E-state index >= 15 is 0 Å². The summed E-state index contributed by atoms with van der Waals surface area (Å²) in [6.45, 7) is 5.49. The van der Waals surface area contributed by atoms with Gasteiger partial charge in [-0.25, -0.2) is 9.07 Å². The van der Waals surface area contributed by atoms with Crippen LogP contribution in [0.2, 0.25) is 0 Å². The maximum atomic E-state index is 14.0. The second-order valence-corrected chi connectivity index (χ2v) is 4.38. The van der Waals surface area contributed by atoms with Crippen molar-refractivity contribution in [1.82, 2.24) is 15.0 Å². The minimum Gasteiger partial charge on any atom is -0.292 e. The molecule has 0 radical (unpaired) electrons. The van der Waals surface area contributed by atoms with Crippen LogP contribution in [0.4, 0.5) is 4.39 Å². The number of hydrogen-bond donors (Lipinski definition) is 0. The first kappa shape index (κ1) is 13.4. The van der Waals surface area contributed by atoms with Gasteiger partial charge in [-0.05, 0) is 31.0 Å². The number of Topliss-reactive ketones (excluding diaryl/α,β-unsaturated/α-hetero) is 1. The minimum atomic E-state index is -0.366. The Hall–Kier alpha value is -2.04. The lowest BCUT2D eigenvalue weighted by Gasteiger charge is -2.07. The van der Waals surface area contributed by atoms with E-state index < -0.39 is 0 Å². The van der Waals surface area contributed by atoms with Gasteiger partial charge in [-0.15, -0.1) is 5.10 Å². The summed E-state index contributed by atoms with van der Waals surface area (Å²) < 4.78 is 15.4. The average molecular weight is 261 g/mol. The number of benzene rings is 1. The summed E-state index contributed by atoms with van der Waals surface area (Å²) in [4.78, 5) is 11.8. The highest BCUT2D eigenvalue weighted by Gasteiger charge is 2.19. The van der Waals surface area contributed by atoms with Crippen molar-refractivity contribution in [3.63, 3.8) is 0 Å². The Balaban J connectivity index is 2.57. The molecule has 1 aromatic carbocycles. The third-order valence-corrected chi connectivity index (χ3v) is 3.01. The second kappa shape index (κ2) is 5.30. The third kappa shape index (κ3) is 2.41. The standard InChI is InChI=1S/C14H16FN3O/c1-4-11-14(13(19)5-2)16-17-18(11)12-7-6-9(3)8-10(12)15/h6-8H,4-5H2,1-3H3. The number of rotatable bonds is 4. The topological polar surface area (TPSA) is 47.8 Å². The van der Waals surface area contributed by atoms with Gasteiger partial charge in [-0.3, -0.25) is 4.79 Å². The van der Waals surface area contributed by atoms with E-state index in [1.165, 1.54) is 10.7 Å². The zero-order chi connectivity index (χ0) is 14.0. The highest BCUT2D eigenvalue weighted by Crippen LogP contribution is 2.18. The summed E-state index contributed by atoms with van der Waals surface area (Å²) in [6.07, 6.45) is 0.934. The lowest BCUT2D eigenvalue weighted by molar-refractivity contribution is 0.0982. The molecule has 0 unspecified atom stereocenters. The van der Waals surface area contributed by atoms with E-state index in [-0.39, 0.29) is 11.6 Å². The molecule has 0 fully saturated rings. The monoisotopic (exact) mass is 261 g/mol. The van der Waals surface area contributed by atoms with Crippen molar-refractivity contribution in [2.24, 2.45) is 0 Å². The largest absolute Gasteiger partial charge is 0.292 e. The van der Waals surface area contributed by atoms with Gasteiger partial charge in [0.1, 0.15) is 11.5 Å². The van der Waals surface area contributed by atoms with Gasteiger partial charge in [0.15, 0.2) is 11.5 Å². The van der Waals surface area contributed by atoms with Gasteiger partial charge in [0.2, 0.25) is 0 Å². The fourth-order valence-corrected chi connectivity index (χ4v) is 1.98. The van der Waals surface area contributed by atoms with Gasteiger partial charge in [-0.1, -0.05) is 25.1 Å². The molecule has 0 aliphatic rings. The predicted octanol–water partition coefficient (Wildman–Crippen LogP) is 2.87. The number of ketones is 1. The Morgan fingerprint density at radius 3 is 2.68 bits per heavy atom. The molecule has 0 N–H and O–H groups in total. The Labute approximate surface area is 111 Å². The van der Waals surface area contributed by atoms with Gasteiger partial charge in [0.25, 0.3) is 0 Å². The molecular weight excluding hydrogens is 245 g/mol. The van der Waals surface area contributed by atoms with Crippen molar-refractivity contribution in [3.05, 3.63) is 41.0 Å². The van der Waals surface area contributed by atoms with Gasteiger partial charge >= 0.3 is 0 Å². The summed E-state index contributed by atoms with van der Waals surface area (Å²) in [7, 11) is 0. The summed E-state index contributed by atoms with van der Waals surface area (Å²) >= 11 is 0. The van der Waals surface area contributed by atoms with Crippen molar-refractivity contribution in [2.75, 3.05) is 0 Å². The van der Waals surface area contributed by atoms with Crippen LogP contribution in [0.25, 0.3) is 5.69 Å². The average Bonchev–Trinajstić information content (AvgIpc) is 2.81. The SMILES string of the molecule is CCC(=O)c1nnn(-c2ccc(C)cc2F)c1CC. The van der Waals surface area contributed by atoms with Crippen LogP contribution in [0.3, 0.4) is 0 Å². The van der Waals surface area contributed by atoms with Crippen LogP contribution in [0.15, 0.2) is 18.2 Å². The van der Waals surface area contributed by atoms with E-state index in [1.54, 1.807) is 19.1 Å². The first-order valence-corrected chi connectivity index (χ1v) is 6.32. The summed E-state index contributed by atoms with van der Waals surface area (Å²) in [5.74, 6) is -0.439. The quantitative estimate of drug-likeness (QED) is 0.795. The van der Waals surface area contributed by atoms with E-state index in [0.29, 0.717) is 29.9 Å². The van der Waals surface area contributed by atoms with E-state index in [0.717, 1.165) is 5.56 Å². The molecule has 2 aromatic rings. The molecule has 0 aliphatic heterocycles. The lowest BCUT2D eigenvalue weighted by atomic mass is 10.1. The smallest absolute Gasteiger partial charge is 0.184 e. The third-order valence-electron chi connectivity index (χ3n) is 3.01. The van der Waals surface area contributed by atoms with Crippen LogP contribution in [0, 0.1) is 12.7 Å². The number of aromatic nitrogens is 3. The molecule has 5 heteroatoms. The van der Waals surface area contributed by atoms with Gasteiger partial charge in [-0.2, -0.15) is 0 Å². The molecule has 0 bridgehead atoms. The summed E-state index contributed by atoms with van der Waals surface area (Å²) in [6, 6.07) is 4.90. The Bertz CT molecular complexity index is 619. The van der Waals surface area contributed by atoms with Crippen molar-refractivity contribution in [1.29, 1.82) is 0 Å². The van der Waals surface area contributed by atoms with Crippen LogP contribution in [0.5, 0.6) is 0 Å². The highest BCUT2D eigenvalue weighted by atomic mass is 19.1. The molecular formula is C14H16FN3O. The normalized spacial score (nSPS) is 10.7. The maximum Gasteiger partial charge on any atom is 0.184 e. The molecule has 1 heterocycles. The molecule has 0 spiro atoms. The van der Waals surface area contributed by atoms with Crippen LogP contribution in [0.1, 0.15) is 42.0 Å². The van der Waals surface area contributed by atoms with Crippen molar-refractivity contribution in [3.8, 4) is 5.69 Å². The van der Waals surface area contributed by atoms with E-state index in [2.05, 4.69) is 10.3 Å². The van der Waals surface area contributed by atoms with Crippen LogP contribution < -0.4 is 0 Å². The van der Waals surface area contributed by atoms with Gasteiger partial charge < -0.3 is 0 Å². The second-order valence-electron chi connectivity index (χ2n) is 4.38. The number of carbonyl (C=O) groups is 1. The Morgan fingerprint density at radius 1 is 1.37 bits per heavy atom. The summed E-state index contributed by atoms with van der Waals surface area (Å²) in [5.41, 5.74) is 2.15. The van der Waals surface area contributed by atoms with E-state index in [1.807, 2.05) is 13.8 Å². The Kier molecular flexibility index (Phi) is 3.74. The molecule has 0 saturated heterocycles. The van der Waals surface area contributed by atoms with Crippen LogP contribution in [-0.4, -0.2) is 20.8 Å². The number of hydrogen-bond acceptors (Lipinski definition) is 3. The lowest BCUT2D eigenvalue weighted by Crippen LogP contribution is -2.07. The molecule has 0 amide bonds. The first-order chi connectivity index (χ1) is 9.08.